The predicted octanol–water partition coefficient (Wildman–Crippen LogP) is 0.530. The van der Waals surface area contributed by atoms with Gasteiger partial charge in [0, 0.05) is 17.9 Å². The molecule has 0 aliphatic rings. The summed E-state index contributed by atoms with van der Waals surface area (Å²) in [4.78, 5) is 35.6. The quantitative estimate of drug-likeness (QED) is 0.503. The van der Waals surface area contributed by atoms with Gasteiger partial charge in [0.15, 0.2) is 11.5 Å². The number of phenolic OH excluding ortho intramolecular Hbond substituents is 1. The summed E-state index contributed by atoms with van der Waals surface area (Å²) in [7, 11) is 1.41. The molecule has 0 aliphatic carbocycles. The van der Waals surface area contributed by atoms with Crippen molar-refractivity contribution in [3.8, 4) is 11.5 Å². The molecule has 0 spiro atoms. The lowest BCUT2D eigenvalue weighted by Crippen LogP contribution is -2.21. The number of hydrogen-bond donors (Lipinski definition) is 4. The maximum Gasteiger partial charge on any atom is 0.311 e. The summed E-state index contributed by atoms with van der Waals surface area (Å²) in [6.45, 7) is 1.88. The number of rotatable bonds is 8. The van der Waals surface area contributed by atoms with Crippen molar-refractivity contribution in [2.45, 2.75) is 25.7 Å². The number of esters is 1. The van der Waals surface area contributed by atoms with E-state index in [2.05, 4.69) is 10.2 Å². The van der Waals surface area contributed by atoms with E-state index in [0.29, 0.717) is 11.3 Å². The molecule has 26 heavy (non-hydrogen) atoms. The Labute approximate surface area is 149 Å². The van der Waals surface area contributed by atoms with Crippen LogP contribution in [-0.4, -0.2) is 40.9 Å². The fraction of sp³-hybridized carbons (Fsp3) is 0.353. The number of H-pyrrole nitrogens is 2. The molecule has 0 saturated carbocycles. The van der Waals surface area contributed by atoms with Crippen LogP contribution in [0.1, 0.15) is 36.1 Å². The second kappa shape index (κ2) is 8.24. The van der Waals surface area contributed by atoms with Crippen molar-refractivity contribution >= 4 is 11.9 Å². The van der Waals surface area contributed by atoms with Gasteiger partial charge in [-0.3, -0.25) is 19.5 Å². The average Bonchev–Trinajstić information content (AvgIpc) is 2.93. The Morgan fingerprint density at radius 1 is 1.31 bits per heavy atom. The third-order valence-electron chi connectivity index (χ3n) is 3.88. The van der Waals surface area contributed by atoms with E-state index in [-0.39, 0.29) is 36.5 Å². The van der Waals surface area contributed by atoms with Gasteiger partial charge in [0.05, 0.1) is 25.8 Å². The van der Waals surface area contributed by atoms with Gasteiger partial charge in [-0.1, -0.05) is 6.07 Å². The first-order valence-corrected chi connectivity index (χ1v) is 7.97. The fourth-order valence-corrected chi connectivity index (χ4v) is 2.78. The number of nitrogens with two attached hydrogens (primary N) is 1. The van der Waals surface area contributed by atoms with Crippen molar-refractivity contribution < 1.29 is 24.2 Å². The minimum absolute atomic E-state index is 0.140. The van der Waals surface area contributed by atoms with Crippen molar-refractivity contribution in [3.05, 3.63) is 45.4 Å². The van der Waals surface area contributed by atoms with E-state index < -0.39 is 23.4 Å². The molecule has 0 radical (unpaired) electrons. The zero-order valence-electron chi connectivity index (χ0n) is 14.5. The van der Waals surface area contributed by atoms with E-state index in [4.69, 9.17) is 15.2 Å². The summed E-state index contributed by atoms with van der Waals surface area (Å²) < 4.78 is 9.90. The smallest absolute Gasteiger partial charge is 0.311 e. The third kappa shape index (κ3) is 4.24. The summed E-state index contributed by atoms with van der Waals surface area (Å²) in [6.07, 6.45) is -0.345. The predicted molar refractivity (Wildman–Crippen MR) is 92.1 cm³/mol. The molecule has 9 nitrogen and oxygen atoms in total. The Morgan fingerprint density at radius 3 is 2.62 bits per heavy atom. The zero-order valence-corrected chi connectivity index (χ0v) is 14.5. The molecule has 5 N–H and O–H groups in total. The summed E-state index contributed by atoms with van der Waals surface area (Å²) in [5, 5.41) is 15.1. The van der Waals surface area contributed by atoms with Gasteiger partial charge in [-0.05, 0) is 24.6 Å². The number of aromatic nitrogens is 2. The molecule has 0 fully saturated rings. The number of amides is 1. The topological polar surface area (TPSA) is 148 Å². The lowest BCUT2D eigenvalue weighted by molar-refractivity contribution is -0.142. The minimum Gasteiger partial charge on any atom is -0.504 e. The maximum absolute atomic E-state index is 12.3. The van der Waals surface area contributed by atoms with Crippen LogP contribution in [0.3, 0.4) is 0 Å². The van der Waals surface area contributed by atoms with Crippen molar-refractivity contribution in [1.82, 2.24) is 10.2 Å². The first-order chi connectivity index (χ1) is 12.4. The van der Waals surface area contributed by atoms with Gasteiger partial charge in [0.1, 0.15) is 0 Å². The van der Waals surface area contributed by atoms with Crippen LogP contribution in [0, 0.1) is 0 Å². The van der Waals surface area contributed by atoms with Crippen LogP contribution in [0.2, 0.25) is 0 Å². The van der Waals surface area contributed by atoms with Crippen molar-refractivity contribution in [1.29, 1.82) is 0 Å². The molecule has 1 aromatic heterocycles. The number of aromatic hydroxyl groups is 1. The first-order valence-electron chi connectivity index (χ1n) is 7.97. The number of phenols is 1. The van der Waals surface area contributed by atoms with Crippen LogP contribution in [0.25, 0.3) is 0 Å². The van der Waals surface area contributed by atoms with E-state index in [1.807, 2.05) is 0 Å². The number of methoxy groups -OCH3 is 1. The number of carbonyl (C=O) groups excluding carboxylic acids is 2. The van der Waals surface area contributed by atoms with E-state index in [9.17, 15) is 19.5 Å². The van der Waals surface area contributed by atoms with Crippen molar-refractivity contribution in [2.75, 3.05) is 13.7 Å². The van der Waals surface area contributed by atoms with Crippen LogP contribution in [0.15, 0.2) is 23.0 Å². The average molecular weight is 363 g/mol. The van der Waals surface area contributed by atoms with Gasteiger partial charge in [0.25, 0.3) is 5.56 Å². The Bertz CT molecular complexity index is 854. The Morgan fingerprint density at radius 2 is 2.04 bits per heavy atom. The van der Waals surface area contributed by atoms with Crippen LogP contribution in [0.5, 0.6) is 11.5 Å². The summed E-state index contributed by atoms with van der Waals surface area (Å²) in [5.41, 5.74) is 5.84. The number of nitrogens with one attached hydrogen (secondary N) is 2. The van der Waals surface area contributed by atoms with Crippen LogP contribution < -0.4 is 16.0 Å². The summed E-state index contributed by atoms with van der Waals surface area (Å²) in [5.74, 6) is -1.78. The highest BCUT2D eigenvalue weighted by molar-refractivity contribution is 5.76. The molecule has 1 atom stereocenters. The van der Waals surface area contributed by atoms with Gasteiger partial charge < -0.3 is 25.4 Å². The lowest BCUT2D eigenvalue weighted by Gasteiger charge is -2.17. The van der Waals surface area contributed by atoms with Gasteiger partial charge in [0.2, 0.25) is 5.91 Å². The van der Waals surface area contributed by atoms with Crippen LogP contribution in [-0.2, 0) is 20.7 Å². The van der Waals surface area contributed by atoms with Gasteiger partial charge in [-0.15, -0.1) is 0 Å². The molecule has 0 unspecified atom stereocenters. The Hall–Kier alpha value is -3.23. The second-order valence-corrected chi connectivity index (χ2v) is 5.61. The first kappa shape index (κ1) is 19.1. The molecular weight excluding hydrogens is 342 g/mol. The molecule has 2 aromatic rings. The summed E-state index contributed by atoms with van der Waals surface area (Å²) >= 11 is 0. The molecule has 0 bridgehead atoms. The van der Waals surface area contributed by atoms with Gasteiger partial charge in [-0.25, -0.2) is 0 Å². The zero-order chi connectivity index (χ0) is 19.3. The van der Waals surface area contributed by atoms with Gasteiger partial charge >= 0.3 is 5.97 Å². The van der Waals surface area contributed by atoms with E-state index >= 15 is 0 Å². The highest BCUT2D eigenvalue weighted by Crippen LogP contribution is 2.34. The van der Waals surface area contributed by atoms with Crippen molar-refractivity contribution in [3.63, 3.8) is 0 Å². The highest BCUT2D eigenvalue weighted by Gasteiger charge is 2.26. The number of primary amides is 1. The standard InChI is InChI=1S/C17H21N3O6/c1-3-26-15(23)8-11-16(17(24)20-19-11)10(7-14(18)22)9-4-5-13(25-2)12(21)6-9/h4-6,10,21H,3,7-8H2,1-2H3,(H2,18,22)(H2,19,20,24)/t10-/m0/s1. The van der Waals surface area contributed by atoms with Crippen LogP contribution in [0.4, 0.5) is 0 Å². The molecule has 0 saturated heterocycles. The Balaban J connectivity index is 2.49. The van der Waals surface area contributed by atoms with Crippen LogP contribution >= 0.6 is 0 Å². The molecule has 9 heteroatoms. The third-order valence-corrected chi connectivity index (χ3v) is 3.88. The van der Waals surface area contributed by atoms with E-state index in [0.717, 1.165) is 0 Å². The van der Waals surface area contributed by atoms with E-state index in [1.165, 1.54) is 19.2 Å². The molecular formula is C17H21N3O6. The second-order valence-electron chi connectivity index (χ2n) is 5.61. The number of ether oxygens (including phenoxy) is 2. The molecule has 1 heterocycles. The number of benzene rings is 1. The molecule has 0 aliphatic heterocycles. The largest absolute Gasteiger partial charge is 0.504 e. The number of carbonyl (C=O) groups is 2. The fourth-order valence-electron chi connectivity index (χ4n) is 2.78. The molecule has 1 amide bonds. The van der Waals surface area contributed by atoms with Gasteiger partial charge in [-0.2, -0.15) is 0 Å². The summed E-state index contributed by atoms with van der Waals surface area (Å²) in [6, 6.07) is 4.53. The minimum atomic E-state index is -0.747. The van der Waals surface area contributed by atoms with Crippen molar-refractivity contribution in [2.24, 2.45) is 5.73 Å². The molecule has 1 aromatic carbocycles. The number of hydrogen-bond acceptors (Lipinski definition) is 6. The monoisotopic (exact) mass is 363 g/mol. The maximum atomic E-state index is 12.3. The Kier molecular flexibility index (Phi) is 6.05. The van der Waals surface area contributed by atoms with E-state index in [1.54, 1.807) is 13.0 Å². The highest BCUT2D eigenvalue weighted by atomic mass is 16.5. The SMILES string of the molecule is CCOC(=O)Cc1[nH][nH]c(=O)c1[C@@H](CC(N)=O)c1ccc(OC)c(O)c1. The number of aromatic amines is 2. The normalized spacial score (nSPS) is 11.8. The molecule has 140 valence electrons. The molecule has 2 rings (SSSR count). The lowest BCUT2D eigenvalue weighted by atomic mass is 9.87.